The van der Waals surface area contributed by atoms with Crippen molar-refractivity contribution in [3.63, 3.8) is 0 Å². The van der Waals surface area contributed by atoms with E-state index in [1.807, 2.05) is 0 Å². The van der Waals surface area contributed by atoms with Crippen molar-refractivity contribution in [2.75, 3.05) is 5.32 Å². The molecule has 0 saturated heterocycles. The average Bonchev–Trinajstić information content (AvgIpc) is 2.29. The van der Waals surface area contributed by atoms with Gasteiger partial charge in [0.1, 0.15) is 5.54 Å². The summed E-state index contributed by atoms with van der Waals surface area (Å²) in [6.07, 6.45) is 0.384. The topological polar surface area (TPSA) is 92.4 Å². The summed E-state index contributed by atoms with van der Waals surface area (Å²) in [6.45, 7) is 3.32. The lowest BCUT2D eigenvalue weighted by Crippen LogP contribution is -2.43. The number of benzene rings is 1. The van der Waals surface area contributed by atoms with Gasteiger partial charge >= 0.3 is 5.97 Å². The van der Waals surface area contributed by atoms with E-state index in [4.69, 9.17) is 10.8 Å². The van der Waals surface area contributed by atoms with Gasteiger partial charge in [0.2, 0.25) is 0 Å². The van der Waals surface area contributed by atoms with Gasteiger partial charge in [0, 0.05) is 5.69 Å². The van der Waals surface area contributed by atoms with Gasteiger partial charge in [-0.15, -0.1) is 0 Å². The summed E-state index contributed by atoms with van der Waals surface area (Å²) >= 11 is 0. The maximum Gasteiger partial charge on any atom is 0.329 e. The van der Waals surface area contributed by atoms with E-state index in [1.165, 1.54) is 0 Å². The van der Waals surface area contributed by atoms with Crippen LogP contribution >= 0.6 is 0 Å². The molecule has 0 aliphatic rings. The zero-order valence-electron chi connectivity index (χ0n) is 9.86. The quantitative estimate of drug-likeness (QED) is 0.721. The number of primary amides is 1. The first kappa shape index (κ1) is 13.0. The SMILES string of the molecule is CCC(C)(Nc1ccccc1C(N)=O)C(=O)O. The molecule has 0 aromatic heterocycles. The highest BCUT2D eigenvalue weighted by atomic mass is 16.4. The number of carboxylic acid groups (broad SMARTS) is 1. The van der Waals surface area contributed by atoms with Crippen LogP contribution in [0.25, 0.3) is 0 Å². The van der Waals surface area contributed by atoms with Crippen molar-refractivity contribution in [2.45, 2.75) is 25.8 Å². The molecule has 17 heavy (non-hydrogen) atoms. The second-order valence-electron chi connectivity index (χ2n) is 4.03. The highest BCUT2D eigenvalue weighted by Crippen LogP contribution is 2.22. The molecule has 0 saturated carbocycles. The Morgan fingerprint density at radius 3 is 2.47 bits per heavy atom. The Hall–Kier alpha value is -2.04. The second kappa shape index (κ2) is 4.86. The lowest BCUT2D eigenvalue weighted by Gasteiger charge is -2.26. The minimum absolute atomic E-state index is 0.286. The molecule has 1 unspecified atom stereocenters. The molecular formula is C12H16N2O3. The van der Waals surface area contributed by atoms with Crippen LogP contribution in [0.3, 0.4) is 0 Å². The summed E-state index contributed by atoms with van der Waals surface area (Å²) in [7, 11) is 0. The number of nitrogens with two attached hydrogens (primary N) is 1. The van der Waals surface area contributed by atoms with Gasteiger partial charge in [-0.05, 0) is 25.5 Å². The van der Waals surface area contributed by atoms with Crippen LogP contribution in [0.4, 0.5) is 5.69 Å². The predicted molar refractivity (Wildman–Crippen MR) is 64.9 cm³/mol. The smallest absolute Gasteiger partial charge is 0.329 e. The van der Waals surface area contributed by atoms with Gasteiger partial charge in [0.05, 0.1) is 5.56 Å². The number of rotatable bonds is 5. The van der Waals surface area contributed by atoms with E-state index in [0.29, 0.717) is 12.1 Å². The lowest BCUT2D eigenvalue weighted by atomic mass is 9.98. The molecule has 5 heteroatoms. The molecule has 0 bridgehead atoms. The molecule has 1 aromatic rings. The van der Waals surface area contributed by atoms with Gasteiger partial charge < -0.3 is 16.2 Å². The Bertz CT molecular complexity index is 445. The monoisotopic (exact) mass is 236 g/mol. The highest BCUT2D eigenvalue weighted by Gasteiger charge is 2.31. The number of hydrogen-bond acceptors (Lipinski definition) is 3. The Kier molecular flexibility index (Phi) is 3.73. The van der Waals surface area contributed by atoms with Gasteiger partial charge in [-0.25, -0.2) is 4.79 Å². The third-order valence-corrected chi connectivity index (χ3v) is 2.78. The fourth-order valence-electron chi connectivity index (χ4n) is 1.40. The molecular weight excluding hydrogens is 220 g/mol. The molecule has 0 aliphatic carbocycles. The molecule has 1 rings (SSSR count). The Morgan fingerprint density at radius 1 is 1.41 bits per heavy atom. The number of carboxylic acids is 1. The number of para-hydroxylation sites is 1. The van der Waals surface area contributed by atoms with Crippen LogP contribution in [0.2, 0.25) is 0 Å². The predicted octanol–water partition coefficient (Wildman–Crippen LogP) is 1.45. The molecule has 1 aromatic carbocycles. The van der Waals surface area contributed by atoms with Gasteiger partial charge in [0.15, 0.2) is 0 Å². The fourth-order valence-corrected chi connectivity index (χ4v) is 1.40. The molecule has 0 radical (unpaired) electrons. The number of hydrogen-bond donors (Lipinski definition) is 3. The lowest BCUT2D eigenvalue weighted by molar-refractivity contribution is -0.141. The summed E-state index contributed by atoms with van der Waals surface area (Å²) in [5.41, 5.74) is 4.83. The number of nitrogens with one attached hydrogen (secondary N) is 1. The van der Waals surface area contributed by atoms with Crippen LogP contribution in [-0.2, 0) is 4.79 Å². The van der Waals surface area contributed by atoms with E-state index in [1.54, 1.807) is 38.1 Å². The minimum Gasteiger partial charge on any atom is -0.480 e. The number of aliphatic carboxylic acids is 1. The van der Waals surface area contributed by atoms with E-state index in [0.717, 1.165) is 0 Å². The van der Waals surface area contributed by atoms with Crippen LogP contribution in [0.5, 0.6) is 0 Å². The van der Waals surface area contributed by atoms with Crippen LogP contribution in [-0.4, -0.2) is 22.5 Å². The van der Waals surface area contributed by atoms with Gasteiger partial charge in [-0.1, -0.05) is 19.1 Å². The van der Waals surface area contributed by atoms with Crippen molar-refractivity contribution in [3.8, 4) is 0 Å². The normalized spacial score (nSPS) is 13.8. The summed E-state index contributed by atoms with van der Waals surface area (Å²) in [5.74, 6) is -1.56. The first-order valence-corrected chi connectivity index (χ1v) is 5.31. The highest BCUT2D eigenvalue weighted by molar-refractivity contribution is 5.99. The van der Waals surface area contributed by atoms with Crippen LogP contribution in [0.15, 0.2) is 24.3 Å². The Labute approximate surface area is 99.6 Å². The Morgan fingerprint density at radius 2 is 2.00 bits per heavy atom. The molecule has 0 fully saturated rings. The van der Waals surface area contributed by atoms with Crippen molar-refractivity contribution in [1.82, 2.24) is 0 Å². The largest absolute Gasteiger partial charge is 0.480 e. The number of carbonyl (C=O) groups excluding carboxylic acids is 1. The zero-order valence-corrected chi connectivity index (χ0v) is 9.86. The molecule has 4 N–H and O–H groups in total. The average molecular weight is 236 g/mol. The first-order valence-electron chi connectivity index (χ1n) is 5.31. The molecule has 0 heterocycles. The Balaban J connectivity index is 3.10. The first-order chi connectivity index (χ1) is 7.90. The van der Waals surface area contributed by atoms with Crippen molar-refractivity contribution in [3.05, 3.63) is 29.8 Å². The summed E-state index contributed by atoms with van der Waals surface area (Å²) in [6, 6.07) is 6.58. The maximum atomic E-state index is 11.2. The standard InChI is InChI=1S/C12H16N2O3/c1-3-12(2,11(16)17)14-9-7-5-4-6-8(9)10(13)15/h4-7,14H,3H2,1-2H3,(H2,13,15)(H,16,17). The number of anilines is 1. The van der Waals surface area contributed by atoms with Gasteiger partial charge in [0.25, 0.3) is 5.91 Å². The minimum atomic E-state index is -1.12. The molecule has 92 valence electrons. The van der Waals surface area contributed by atoms with Crippen LogP contribution in [0, 0.1) is 0 Å². The van der Waals surface area contributed by atoms with Crippen molar-refractivity contribution >= 4 is 17.6 Å². The molecule has 1 amide bonds. The van der Waals surface area contributed by atoms with Crippen LogP contribution < -0.4 is 11.1 Å². The van der Waals surface area contributed by atoms with E-state index in [9.17, 15) is 9.59 Å². The van der Waals surface area contributed by atoms with E-state index >= 15 is 0 Å². The molecule has 0 spiro atoms. The maximum absolute atomic E-state index is 11.2. The molecule has 1 atom stereocenters. The second-order valence-corrected chi connectivity index (χ2v) is 4.03. The van der Waals surface area contributed by atoms with Crippen molar-refractivity contribution in [1.29, 1.82) is 0 Å². The molecule has 0 aliphatic heterocycles. The van der Waals surface area contributed by atoms with Crippen LogP contribution in [0.1, 0.15) is 30.6 Å². The summed E-state index contributed by atoms with van der Waals surface area (Å²) in [4.78, 5) is 22.4. The van der Waals surface area contributed by atoms with E-state index in [2.05, 4.69) is 5.32 Å². The van der Waals surface area contributed by atoms with Gasteiger partial charge in [-0.3, -0.25) is 4.79 Å². The zero-order chi connectivity index (χ0) is 13.1. The summed E-state index contributed by atoms with van der Waals surface area (Å²) < 4.78 is 0. The van der Waals surface area contributed by atoms with E-state index in [-0.39, 0.29) is 5.56 Å². The van der Waals surface area contributed by atoms with Gasteiger partial charge in [-0.2, -0.15) is 0 Å². The number of carbonyl (C=O) groups is 2. The van der Waals surface area contributed by atoms with Crippen molar-refractivity contribution < 1.29 is 14.7 Å². The van der Waals surface area contributed by atoms with Crippen molar-refractivity contribution in [2.24, 2.45) is 5.73 Å². The molecule has 5 nitrogen and oxygen atoms in total. The third kappa shape index (κ3) is 2.75. The third-order valence-electron chi connectivity index (χ3n) is 2.78. The summed E-state index contributed by atoms with van der Waals surface area (Å²) in [5, 5.41) is 12.0. The van der Waals surface area contributed by atoms with E-state index < -0.39 is 17.4 Å². The fraction of sp³-hybridized carbons (Fsp3) is 0.333. The number of amides is 1.